The summed E-state index contributed by atoms with van der Waals surface area (Å²) in [7, 11) is 0. The van der Waals surface area contributed by atoms with Crippen LogP contribution in [0.1, 0.15) is 12.0 Å². The SMILES string of the molecule is Clc1ccc(CN[C@H]2CCN(c3ccc(-c4ccccc4)cn3)C2)c(Cl)c1. The van der Waals surface area contributed by atoms with Gasteiger partial charge in [-0.25, -0.2) is 4.98 Å². The van der Waals surface area contributed by atoms with Gasteiger partial charge in [0, 0.05) is 47.5 Å². The summed E-state index contributed by atoms with van der Waals surface area (Å²) in [5.74, 6) is 1.03. The molecule has 1 N–H and O–H groups in total. The smallest absolute Gasteiger partial charge is 0.128 e. The number of benzene rings is 2. The molecule has 138 valence electrons. The lowest BCUT2D eigenvalue weighted by molar-refractivity contribution is 0.551. The van der Waals surface area contributed by atoms with E-state index in [1.807, 2.05) is 36.5 Å². The van der Waals surface area contributed by atoms with E-state index in [1.54, 1.807) is 6.07 Å². The zero-order chi connectivity index (χ0) is 18.6. The van der Waals surface area contributed by atoms with Gasteiger partial charge >= 0.3 is 0 Å². The standard InChI is InChI=1S/C22H21Cl2N3/c23-19-8-6-18(21(24)12-19)14-25-20-10-11-27(15-20)22-9-7-17(13-26-22)16-4-2-1-3-5-16/h1-9,12-13,20,25H,10-11,14-15H2/t20-/m0/s1. The topological polar surface area (TPSA) is 28.2 Å². The number of rotatable bonds is 5. The van der Waals surface area contributed by atoms with Gasteiger partial charge in [0.1, 0.15) is 5.82 Å². The molecule has 0 radical (unpaired) electrons. The van der Waals surface area contributed by atoms with Crippen molar-refractivity contribution in [3.8, 4) is 11.1 Å². The Balaban J connectivity index is 1.35. The highest BCUT2D eigenvalue weighted by Crippen LogP contribution is 2.24. The molecule has 0 spiro atoms. The highest BCUT2D eigenvalue weighted by Gasteiger charge is 2.23. The third-order valence-corrected chi connectivity index (χ3v) is 5.55. The molecule has 1 aromatic heterocycles. The van der Waals surface area contributed by atoms with Crippen molar-refractivity contribution in [2.45, 2.75) is 19.0 Å². The maximum atomic E-state index is 6.26. The van der Waals surface area contributed by atoms with Crippen LogP contribution in [0.2, 0.25) is 10.0 Å². The van der Waals surface area contributed by atoms with Crippen LogP contribution in [0.25, 0.3) is 11.1 Å². The molecule has 0 aliphatic carbocycles. The number of aromatic nitrogens is 1. The molecule has 0 amide bonds. The summed E-state index contributed by atoms with van der Waals surface area (Å²) in [4.78, 5) is 7.01. The summed E-state index contributed by atoms with van der Waals surface area (Å²) in [5, 5.41) is 4.98. The first kappa shape index (κ1) is 18.3. The van der Waals surface area contributed by atoms with Gasteiger partial charge in [0.25, 0.3) is 0 Å². The lowest BCUT2D eigenvalue weighted by Gasteiger charge is -2.18. The minimum absolute atomic E-state index is 0.423. The van der Waals surface area contributed by atoms with Crippen LogP contribution >= 0.6 is 23.2 Å². The summed E-state index contributed by atoms with van der Waals surface area (Å²) in [6.45, 7) is 2.70. The van der Waals surface area contributed by atoms with E-state index in [4.69, 9.17) is 23.2 Å². The third kappa shape index (κ3) is 4.44. The molecule has 1 saturated heterocycles. The molecule has 5 heteroatoms. The van der Waals surface area contributed by atoms with E-state index in [2.05, 4.69) is 39.5 Å². The molecule has 27 heavy (non-hydrogen) atoms. The molecule has 1 fully saturated rings. The minimum Gasteiger partial charge on any atom is -0.355 e. The number of nitrogens with one attached hydrogen (secondary N) is 1. The maximum Gasteiger partial charge on any atom is 0.128 e. The third-order valence-electron chi connectivity index (χ3n) is 4.96. The molecule has 0 bridgehead atoms. The van der Waals surface area contributed by atoms with Gasteiger partial charge in [-0.05, 0) is 41.8 Å². The zero-order valence-electron chi connectivity index (χ0n) is 14.9. The number of hydrogen-bond acceptors (Lipinski definition) is 3. The Morgan fingerprint density at radius 3 is 2.59 bits per heavy atom. The number of hydrogen-bond donors (Lipinski definition) is 1. The molecule has 0 saturated carbocycles. The highest BCUT2D eigenvalue weighted by atomic mass is 35.5. The van der Waals surface area contributed by atoms with Crippen LogP contribution in [0.4, 0.5) is 5.82 Å². The monoisotopic (exact) mass is 397 g/mol. The van der Waals surface area contributed by atoms with E-state index in [0.29, 0.717) is 16.1 Å². The molecule has 4 rings (SSSR count). The lowest BCUT2D eigenvalue weighted by Crippen LogP contribution is -2.32. The van der Waals surface area contributed by atoms with Gasteiger partial charge in [0.2, 0.25) is 0 Å². The average molecular weight is 398 g/mol. The van der Waals surface area contributed by atoms with Crippen LogP contribution in [0.5, 0.6) is 0 Å². The van der Waals surface area contributed by atoms with E-state index in [1.165, 1.54) is 5.56 Å². The van der Waals surface area contributed by atoms with E-state index in [-0.39, 0.29) is 0 Å². The molecule has 2 aromatic carbocycles. The van der Waals surface area contributed by atoms with E-state index < -0.39 is 0 Å². The molecule has 1 aliphatic rings. The van der Waals surface area contributed by atoms with Crippen molar-refractivity contribution in [2.24, 2.45) is 0 Å². The fraction of sp³-hybridized carbons (Fsp3) is 0.227. The van der Waals surface area contributed by atoms with Crippen LogP contribution < -0.4 is 10.2 Å². The zero-order valence-corrected chi connectivity index (χ0v) is 16.4. The van der Waals surface area contributed by atoms with Crippen molar-refractivity contribution in [1.82, 2.24) is 10.3 Å². The summed E-state index contributed by atoms with van der Waals surface area (Å²) in [5.41, 5.74) is 3.41. The number of nitrogens with zero attached hydrogens (tertiary/aromatic N) is 2. The van der Waals surface area contributed by atoms with Gasteiger partial charge in [-0.1, -0.05) is 59.6 Å². The Morgan fingerprint density at radius 2 is 1.85 bits per heavy atom. The molecular formula is C22H21Cl2N3. The molecule has 0 unspecified atom stereocenters. The van der Waals surface area contributed by atoms with Crippen molar-refractivity contribution in [3.63, 3.8) is 0 Å². The Bertz CT molecular complexity index is 897. The minimum atomic E-state index is 0.423. The van der Waals surface area contributed by atoms with Gasteiger partial charge < -0.3 is 10.2 Å². The summed E-state index contributed by atoms with van der Waals surface area (Å²) in [6, 6.07) is 20.7. The van der Waals surface area contributed by atoms with Crippen LogP contribution in [0, 0.1) is 0 Å². The largest absolute Gasteiger partial charge is 0.355 e. The summed E-state index contributed by atoms with van der Waals surface area (Å²) < 4.78 is 0. The van der Waals surface area contributed by atoms with Crippen molar-refractivity contribution < 1.29 is 0 Å². The highest BCUT2D eigenvalue weighted by molar-refractivity contribution is 6.35. The predicted molar refractivity (Wildman–Crippen MR) is 114 cm³/mol. The van der Waals surface area contributed by atoms with Gasteiger partial charge in [0.15, 0.2) is 0 Å². The molecular weight excluding hydrogens is 377 g/mol. The second-order valence-corrected chi connectivity index (χ2v) is 7.66. The van der Waals surface area contributed by atoms with Crippen molar-refractivity contribution in [1.29, 1.82) is 0 Å². The lowest BCUT2D eigenvalue weighted by atomic mass is 10.1. The molecule has 1 atom stereocenters. The van der Waals surface area contributed by atoms with Gasteiger partial charge in [-0.15, -0.1) is 0 Å². The second-order valence-electron chi connectivity index (χ2n) is 6.82. The molecule has 2 heterocycles. The van der Waals surface area contributed by atoms with Gasteiger partial charge in [-0.2, -0.15) is 0 Å². The first-order valence-corrected chi connectivity index (χ1v) is 9.88. The predicted octanol–water partition coefficient (Wildman–Crippen LogP) is 5.42. The number of halogens is 2. The fourth-order valence-electron chi connectivity index (χ4n) is 3.43. The maximum absolute atomic E-state index is 6.26. The average Bonchev–Trinajstić information content (AvgIpc) is 3.17. The Labute approximate surface area is 170 Å². The van der Waals surface area contributed by atoms with Crippen molar-refractivity contribution in [2.75, 3.05) is 18.0 Å². The normalized spacial score (nSPS) is 16.7. The Kier molecular flexibility index (Phi) is 5.63. The quantitative estimate of drug-likeness (QED) is 0.622. The first-order chi connectivity index (χ1) is 13.2. The van der Waals surface area contributed by atoms with Crippen LogP contribution in [0.15, 0.2) is 66.9 Å². The number of anilines is 1. The van der Waals surface area contributed by atoms with Crippen LogP contribution in [0.3, 0.4) is 0 Å². The number of pyridine rings is 1. The Hall–Kier alpha value is -2.07. The van der Waals surface area contributed by atoms with Crippen LogP contribution in [-0.4, -0.2) is 24.1 Å². The fourth-order valence-corrected chi connectivity index (χ4v) is 3.90. The molecule has 3 aromatic rings. The van der Waals surface area contributed by atoms with E-state index in [0.717, 1.165) is 43.0 Å². The summed E-state index contributed by atoms with van der Waals surface area (Å²) >= 11 is 12.2. The van der Waals surface area contributed by atoms with Gasteiger partial charge in [0.05, 0.1) is 0 Å². The van der Waals surface area contributed by atoms with E-state index in [9.17, 15) is 0 Å². The Morgan fingerprint density at radius 1 is 1.00 bits per heavy atom. The van der Waals surface area contributed by atoms with Crippen LogP contribution in [-0.2, 0) is 6.54 Å². The first-order valence-electron chi connectivity index (χ1n) is 9.13. The van der Waals surface area contributed by atoms with Crippen molar-refractivity contribution >= 4 is 29.0 Å². The molecule has 1 aliphatic heterocycles. The summed E-state index contributed by atoms with van der Waals surface area (Å²) in [6.07, 6.45) is 3.05. The molecule has 3 nitrogen and oxygen atoms in total. The van der Waals surface area contributed by atoms with E-state index >= 15 is 0 Å². The second kappa shape index (κ2) is 8.30. The van der Waals surface area contributed by atoms with Gasteiger partial charge in [-0.3, -0.25) is 0 Å². The van der Waals surface area contributed by atoms with Crippen molar-refractivity contribution in [3.05, 3.63) is 82.5 Å².